The number of urea groups is 1. The Bertz CT molecular complexity index is 853. The summed E-state index contributed by atoms with van der Waals surface area (Å²) in [5.41, 5.74) is 0.563. The Kier molecular flexibility index (Phi) is 5.82. The lowest BCUT2D eigenvalue weighted by molar-refractivity contribution is -0.132. The van der Waals surface area contributed by atoms with Gasteiger partial charge in [0.05, 0.1) is 24.4 Å². The quantitative estimate of drug-likeness (QED) is 0.431. The number of ether oxygens (including phenoxy) is 1. The van der Waals surface area contributed by atoms with Crippen molar-refractivity contribution in [2.24, 2.45) is 5.92 Å². The molecule has 29 heavy (non-hydrogen) atoms. The van der Waals surface area contributed by atoms with Crippen LogP contribution in [0.2, 0.25) is 0 Å². The van der Waals surface area contributed by atoms with Crippen molar-refractivity contribution in [3.05, 3.63) is 22.5 Å². The number of amides is 3. The number of imide groups is 1. The molecule has 1 aromatic rings. The molecule has 0 bridgehead atoms. The molecule has 3 amide bonds. The third-order valence-corrected chi connectivity index (χ3v) is 6.22. The number of hydrogen-bond acceptors (Lipinski definition) is 5. The van der Waals surface area contributed by atoms with E-state index in [0.29, 0.717) is 16.8 Å². The molecule has 0 aromatic carbocycles. The van der Waals surface area contributed by atoms with Gasteiger partial charge >= 0.3 is 12.0 Å². The lowest BCUT2D eigenvalue weighted by atomic mass is 9.75. The molecule has 1 saturated carbocycles. The predicted molar refractivity (Wildman–Crippen MR) is 106 cm³/mol. The van der Waals surface area contributed by atoms with Gasteiger partial charge in [-0.2, -0.15) is 0 Å². The van der Waals surface area contributed by atoms with Crippen molar-refractivity contribution in [1.29, 1.82) is 0 Å². The highest BCUT2D eigenvalue weighted by Crippen LogP contribution is 2.36. The third-order valence-electron chi connectivity index (χ3n) is 6.22. The number of Topliss-reactive ketones (excluding diaryl/α,β-unsaturated/α-hetero) is 1. The number of nitrogens with one attached hydrogen (secondary N) is 2. The lowest BCUT2D eigenvalue weighted by Gasteiger charge is -2.34. The molecule has 2 fully saturated rings. The number of carbonyl (C=O) groups excluding carboxylic acids is 4. The molecule has 2 heterocycles. The van der Waals surface area contributed by atoms with E-state index in [1.54, 1.807) is 27.7 Å². The fourth-order valence-corrected chi connectivity index (χ4v) is 4.58. The van der Waals surface area contributed by atoms with Crippen molar-refractivity contribution < 1.29 is 23.9 Å². The first-order valence-corrected chi connectivity index (χ1v) is 10.2. The molecule has 1 aliphatic heterocycles. The van der Waals surface area contributed by atoms with E-state index >= 15 is 0 Å². The van der Waals surface area contributed by atoms with Crippen LogP contribution in [0.4, 0.5) is 4.79 Å². The molecule has 2 aliphatic rings. The number of H-pyrrole nitrogens is 1. The Morgan fingerprint density at radius 2 is 1.83 bits per heavy atom. The minimum Gasteiger partial charge on any atom is -0.462 e. The van der Waals surface area contributed by atoms with E-state index in [-0.39, 0.29) is 30.7 Å². The zero-order chi connectivity index (χ0) is 21.3. The van der Waals surface area contributed by atoms with Gasteiger partial charge in [-0.3, -0.25) is 14.5 Å². The summed E-state index contributed by atoms with van der Waals surface area (Å²) in [5.74, 6) is -1.19. The molecule has 3 rings (SSSR count). The van der Waals surface area contributed by atoms with E-state index in [4.69, 9.17) is 4.74 Å². The molecule has 1 aromatic heterocycles. The molecular formula is C21H29N3O5. The van der Waals surface area contributed by atoms with Crippen LogP contribution >= 0.6 is 0 Å². The van der Waals surface area contributed by atoms with Crippen LogP contribution in [0.1, 0.15) is 78.1 Å². The number of rotatable bonds is 6. The van der Waals surface area contributed by atoms with Crippen molar-refractivity contribution >= 4 is 23.7 Å². The molecule has 158 valence electrons. The van der Waals surface area contributed by atoms with Gasteiger partial charge in [-0.15, -0.1) is 0 Å². The topological polar surface area (TPSA) is 109 Å². The smallest absolute Gasteiger partial charge is 0.340 e. The molecule has 1 saturated heterocycles. The average molecular weight is 403 g/mol. The average Bonchev–Trinajstić information content (AvgIpc) is 3.10. The minimum absolute atomic E-state index is 0.0812. The number of esters is 1. The van der Waals surface area contributed by atoms with Crippen LogP contribution in [0.15, 0.2) is 0 Å². The Balaban J connectivity index is 1.79. The Hall–Kier alpha value is -2.64. The van der Waals surface area contributed by atoms with Gasteiger partial charge in [0, 0.05) is 5.69 Å². The molecule has 0 unspecified atom stereocenters. The summed E-state index contributed by atoms with van der Waals surface area (Å²) in [6.45, 7) is 6.67. The van der Waals surface area contributed by atoms with E-state index in [1.807, 2.05) is 0 Å². The third kappa shape index (κ3) is 3.68. The summed E-state index contributed by atoms with van der Waals surface area (Å²) in [4.78, 5) is 54.5. The summed E-state index contributed by atoms with van der Waals surface area (Å²) >= 11 is 0. The number of ketones is 1. The molecule has 8 nitrogen and oxygen atoms in total. The highest BCUT2D eigenvalue weighted by atomic mass is 16.5. The maximum Gasteiger partial charge on any atom is 0.340 e. The number of carbonyl (C=O) groups is 4. The first-order chi connectivity index (χ1) is 13.7. The molecule has 8 heteroatoms. The largest absolute Gasteiger partial charge is 0.462 e. The van der Waals surface area contributed by atoms with Crippen molar-refractivity contribution in [2.75, 3.05) is 13.2 Å². The second kappa shape index (κ2) is 8.00. The van der Waals surface area contributed by atoms with Crippen LogP contribution in [0.3, 0.4) is 0 Å². The molecule has 0 radical (unpaired) electrons. The highest BCUT2D eigenvalue weighted by molar-refractivity contribution is 6.11. The maximum absolute atomic E-state index is 13.1. The standard InChI is InChI=1S/C21H29N3O5/c1-5-29-18(26)16-12(2)17(22-13(16)3)15(25)11-24-19(27)21(4,23-20(24)28)14-9-7-6-8-10-14/h14,22H,5-11H2,1-4H3,(H,23,28)/t21-/m0/s1. The number of aromatic nitrogens is 1. The van der Waals surface area contributed by atoms with Gasteiger partial charge in [0.15, 0.2) is 5.78 Å². The first kappa shape index (κ1) is 21.1. The maximum atomic E-state index is 13.1. The van der Waals surface area contributed by atoms with E-state index < -0.39 is 23.3 Å². The lowest BCUT2D eigenvalue weighted by Crippen LogP contribution is -2.51. The van der Waals surface area contributed by atoms with E-state index in [2.05, 4.69) is 10.3 Å². The number of aromatic amines is 1. The summed E-state index contributed by atoms with van der Waals surface area (Å²) in [5, 5.41) is 2.82. The minimum atomic E-state index is -0.964. The van der Waals surface area contributed by atoms with Crippen LogP contribution in [-0.4, -0.2) is 52.3 Å². The SMILES string of the molecule is CCOC(=O)c1c(C)[nH]c(C(=O)CN2C(=O)N[C@@](C)(C3CCCCC3)C2=O)c1C. The number of nitrogens with zero attached hydrogens (tertiary/aromatic N) is 1. The van der Waals surface area contributed by atoms with Crippen molar-refractivity contribution in [1.82, 2.24) is 15.2 Å². The predicted octanol–water partition coefficient (Wildman–Crippen LogP) is 2.88. The summed E-state index contributed by atoms with van der Waals surface area (Å²) in [7, 11) is 0. The van der Waals surface area contributed by atoms with Gasteiger partial charge in [0.2, 0.25) is 0 Å². The van der Waals surface area contributed by atoms with Gasteiger partial charge in [-0.05, 0) is 52.0 Å². The van der Waals surface area contributed by atoms with Gasteiger partial charge in [0.1, 0.15) is 5.54 Å². The van der Waals surface area contributed by atoms with Gasteiger partial charge in [0.25, 0.3) is 5.91 Å². The van der Waals surface area contributed by atoms with E-state index in [0.717, 1.165) is 37.0 Å². The molecule has 0 spiro atoms. The van der Waals surface area contributed by atoms with E-state index in [1.165, 1.54) is 0 Å². The van der Waals surface area contributed by atoms with Gasteiger partial charge < -0.3 is 15.0 Å². The fraction of sp³-hybridized carbons (Fsp3) is 0.619. The van der Waals surface area contributed by atoms with E-state index in [9.17, 15) is 19.2 Å². The summed E-state index contributed by atoms with van der Waals surface area (Å²) < 4.78 is 5.05. The van der Waals surface area contributed by atoms with Crippen LogP contribution in [0, 0.1) is 19.8 Å². The Morgan fingerprint density at radius 1 is 1.17 bits per heavy atom. The van der Waals surface area contributed by atoms with Crippen LogP contribution in [0.5, 0.6) is 0 Å². The highest BCUT2D eigenvalue weighted by Gasteiger charge is 2.52. The Morgan fingerprint density at radius 3 is 2.45 bits per heavy atom. The number of aryl methyl sites for hydroxylation is 1. The number of hydrogen-bond donors (Lipinski definition) is 2. The van der Waals surface area contributed by atoms with Crippen molar-refractivity contribution in [2.45, 2.75) is 65.3 Å². The van der Waals surface area contributed by atoms with Gasteiger partial charge in [-0.25, -0.2) is 9.59 Å². The monoisotopic (exact) mass is 403 g/mol. The fourth-order valence-electron chi connectivity index (χ4n) is 4.58. The molecule has 1 aliphatic carbocycles. The zero-order valence-corrected chi connectivity index (χ0v) is 17.5. The second-order valence-corrected chi connectivity index (χ2v) is 8.13. The second-order valence-electron chi connectivity index (χ2n) is 8.13. The van der Waals surface area contributed by atoms with Crippen LogP contribution in [-0.2, 0) is 9.53 Å². The van der Waals surface area contributed by atoms with Crippen LogP contribution < -0.4 is 5.32 Å². The van der Waals surface area contributed by atoms with Crippen molar-refractivity contribution in [3.63, 3.8) is 0 Å². The summed E-state index contributed by atoms with van der Waals surface area (Å²) in [6.07, 6.45) is 5.01. The van der Waals surface area contributed by atoms with Crippen molar-refractivity contribution in [3.8, 4) is 0 Å². The molecular weight excluding hydrogens is 374 g/mol. The Labute approximate surface area is 170 Å². The summed E-state index contributed by atoms with van der Waals surface area (Å²) in [6, 6.07) is -0.539. The molecule has 2 N–H and O–H groups in total. The zero-order valence-electron chi connectivity index (χ0n) is 17.5. The first-order valence-electron chi connectivity index (χ1n) is 10.2. The molecule has 1 atom stereocenters. The van der Waals surface area contributed by atoms with Crippen LogP contribution in [0.25, 0.3) is 0 Å². The normalized spacial score (nSPS) is 22.7. The van der Waals surface area contributed by atoms with Gasteiger partial charge in [-0.1, -0.05) is 19.3 Å².